The summed E-state index contributed by atoms with van der Waals surface area (Å²) < 4.78 is 11.5. The van der Waals surface area contributed by atoms with Crippen molar-refractivity contribution in [1.82, 2.24) is 10.2 Å². The second-order valence-electron chi connectivity index (χ2n) is 7.86. The fourth-order valence-electron chi connectivity index (χ4n) is 3.86. The zero-order chi connectivity index (χ0) is 20.6. The smallest absolute Gasteiger partial charge is 0.195 e. The van der Waals surface area contributed by atoms with Crippen LogP contribution in [0.15, 0.2) is 40.7 Å². The number of nitrogens with zero attached hydrogens (tertiary/aromatic N) is 2. The summed E-state index contributed by atoms with van der Waals surface area (Å²) >= 11 is 1.85. The number of benzene rings is 1. The number of likely N-dealkylation sites (tertiary alicyclic amines) is 1. The number of hydrogen-bond donors (Lipinski definition) is 2. The fourth-order valence-corrected chi connectivity index (χ4v) is 4.60. The third kappa shape index (κ3) is 7.25. The highest BCUT2D eigenvalue weighted by Crippen LogP contribution is 2.32. The van der Waals surface area contributed by atoms with Gasteiger partial charge in [-0.05, 0) is 62.4 Å². The third-order valence-electron chi connectivity index (χ3n) is 5.53. The Hall–Kier alpha value is -1.52. The third-order valence-corrected chi connectivity index (χ3v) is 6.39. The van der Waals surface area contributed by atoms with E-state index >= 15 is 0 Å². The maximum atomic E-state index is 5.80. The lowest BCUT2D eigenvalue weighted by atomic mass is 9.97. The van der Waals surface area contributed by atoms with Gasteiger partial charge in [0.1, 0.15) is 0 Å². The van der Waals surface area contributed by atoms with Crippen LogP contribution in [-0.2, 0) is 6.54 Å². The molecule has 2 N–H and O–H groups in total. The average Bonchev–Trinajstić information content (AvgIpc) is 3.16. The van der Waals surface area contributed by atoms with Gasteiger partial charge in [0, 0.05) is 42.7 Å². The Morgan fingerprint density at radius 1 is 1.16 bits per heavy atom. The summed E-state index contributed by atoms with van der Waals surface area (Å²) in [6.07, 6.45) is 3.32. The maximum Gasteiger partial charge on any atom is 0.195 e. The van der Waals surface area contributed by atoms with Crippen LogP contribution in [-0.4, -0.2) is 50.3 Å². The fraction of sp³-hybridized carbons (Fsp3) is 0.522. The Bertz CT molecular complexity index is 823. The molecule has 0 spiro atoms. The molecule has 2 aliphatic rings. The number of rotatable bonds is 6. The number of nitrogens with one attached hydrogen (secondary N) is 2. The summed E-state index contributed by atoms with van der Waals surface area (Å²) in [5.74, 6) is 3.08. The van der Waals surface area contributed by atoms with Crippen molar-refractivity contribution < 1.29 is 9.47 Å². The molecular formula is C23H33IN4O2S. The van der Waals surface area contributed by atoms with Crippen molar-refractivity contribution in [2.45, 2.75) is 32.7 Å². The number of ether oxygens (including phenoxy) is 2. The van der Waals surface area contributed by atoms with Crippen LogP contribution in [0.1, 0.15) is 31.1 Å². The largest absolute Gasteiger partial charge is 0.490 e. The van der Waals surface area contributed by atoms with E-state index in [4.69, 9.17) is 14.5 Å². The molecule has 0 aliphatic carbocycles. The normalized spacial score (nSPS) is 17.5. The van der Waals surface area contributed by atoms with Crippen LogP contribution in [0, 0.1) is 5.92 Å². The molecule has 6 nitrogen and oxygen atoms in total. The zero-order valence-electron chi connectivity index (χ0n) is 18.1. The zero-order valence-corrected chi connectivity index (χ0v) is 21.3. The van der Waals surface area contributed by atoms with Crippen LogP contribution in [0.2, 0.25) is 0 Å². The first kappa shape index (κ1) is 24.1. The minimum atomic E-state index is 0. The van der Waals surface area contributed by atoms with Crippen molar-refractivity contribution in [2.75, 3.05) is 44.7 Å². The van der Waals surface area contributed by atoms with Crippen LogP contribution in [0.4, 0.5) is 5.69 Å². The monoisotopic (exact) mass is 556 g/mol. The molecule has 3 heterocycles. The van der Waals surface area contributed by atoms with E-state index in [1.807, 2.05) is 29.5 Å². The van der Waals surface area contributed by atoms with Crippen molar-refractivity contribution in [3.63, 3.8) is 0 Å². The Labute approximate surface area is 206 Å². The van der Waals surface area contributed by atoms with E-state index < -0.39 is 0 Å². The molecule has 1 saturated heterocycles. The van der Waals surface area contributed by atoms with E-state index in [-0.39, 0.29) is 24.0 Å². The predicted octanol–water partition coefficient (Wildman–Crippen LogP) is 4.82. The number of hydrogen-bond acceptors (Lipinski definition) is 5. The molecule has 0 amide bonds. The van der Waals surface area contributed by atoms with Gasteiger partial charge >= 0.3 is 0 Å². The number of thiophene rings is 1. The van der Waals surface area contributed by atoms with Gasteiger partial charge in [-0.25, -0.2) is 0 Å². The molecule has 170 valence electrons. The van der Waals surface area contributed by atoms with Gasteiger partial charge in [-0.3, -0.25) is 9.89 Å². The second-order valence-corrected chi connectivity index (χ2v) is 8.89. The number of aliphatic imine (C=N–C) groups is 1. The van der Waals surface area contributed by atoms with Crippen LogP contribution in [0.3, 0.4) is 0 Å². The van der Waals surface area contributed by atoms with Gasteiger partial charge in [0.15, 0.2) is 17.5 Å². The van der Waals surface area contributed by atoms with Crippen LogP contribution in [0.5, 0.6) is 11.5 Å². The van der Waals surface area contributed by atoms with Crippen LogP contribution < -0.4 is 20.1 Å². The van der Waals surface area contributed by atoms with E-state index in [1.54, 1.807) is 0 Å². The van der Waals surface area contributed by atoms with Gasteiger partial charge in [0.2, 0.25) is 0 Å². The number of fused-ring (bicyclic) bond motifs is 1. The molecule has 31 heavy (non-hydrogen) atoms. The standard InChI is InChI=1S/C23H32N4O2S.HI/c1-2-24-23(26-19-6-7-21-22(15-19)29-13-4-12-28-21)25-16-18-8-10-27(11-9-18)17-20-5-3-14-30-20;/h3,5-7,14-15,18H,2,4,8-13,16-17H2,1H3,(H2,24,25,26);1H. The van der Waals surface area contributed by atoms with Crippen LogP contribution >= 0.6 is 35.3 Å². The first-order valence-electron chi connectivity index (χ1n) is 11.0. The molecule has 0 unspecified atom stereocenters. The van der Waals surface area contributed by atoms with E-state index in [9.17, 15) is 0 Å². The summed E-state index contributed by atoms with van der Waals surface area (Å²) in [6.45, 7) is 8.57. The summed E-state index contributed by atoms with van der Waals surface area (Å²) in [4.78, 5) is 8.89. The Morgan fingerprint density at radius 2 is 1.97 bits per heavy atom. The summed E-state index contributed by atoms with van der Waals surface area (Å²) in [5.41, 5.74) is 0.963. The molecule has 0 atom stereocenters. The Morgan fingerprint density at radius 3 is 2.71 bits per heavy atom. The van der Waals surface area contributed by atoms with E-state index in [0.29, 0.717) is 19.1 Å². The number of halogens is 1. The first-order chi connectivity index (χ1) is 14.8. The van der Waals surface area contributed by atoms with Gasteiger partial charge in [0.05, 0.1) is 13.2 Å². The number of piperidine rings is 1. The summed E-state index contributed by atoms with van der Waals surface area (Å²) in [5, 5.41) is 8.94. The molecule has 1 fully saturated rings. The lowest BCUT2D eigenvalue weighted by molar-refractivity contribution is 0.182. The molecule has 2 aromatic rings. The Balaban J connectivity index is 0.00000272. The molecule has 8 heteroatoms. The highest BCUT2D eigenvalue weighted by Gasteiger charge is 2.19. The lowest BCUT2D eigenvalue weighted by Crippen LogP contribution is -2.35. The van der Waals surface area contributed by atoms with Gasteiger partial charge in [-0.2, -0.15) is 0 Å². The molecule has 1 aromatic heterocycles. The second kappa shape index (κ2) is 12.5. The van der Waals surface area contributed by atoms with Crippen molar-refractivity contribution in [2.24, 2.45) is 10.9 Å². The molecule has 0 radical (unpaired) electrons. The molecule has 0 saturated carbocycles. The number of anilines is 1. The van der Waals surface area contributed by atoms with Crippen molar-refractivity contribution in [3.8, 4) is 11.5 Å². The maximum absolute atomic E-state index is 5.80. The van der Waals surface area contributed by atoms with Crippen molar-refractivity contribution in [1.29, 1.82) is 0 Å². The van der Waals surface area contributed by atoms with Crippen LogP contribution in [0.25, 0.3) is 0 Å². The summed E-state index contributed by atoms with van der Waals surface area (Å²) in [7, 11) is 0. The van der Waals surface area contributed by atoms with E-state index in [1.165, 1.54) is 17.7 Å². The van der Waals surface area contributed by atoms with Gasteiger partial charge in [-0.15, -0.1) is 35.3 Å². The number of guanidine groups is 1. The quantitative estimate of drug-likeness (QED) is 0.304. The molecule has 0 bridgehead atoms. The average molecular weight is 557 g/mol. The van der Waals surface area contributed by atoms with E-state index in [0.717, 1.165) is 62.3 Å². The van der Waals surface area contributed by atoms with Gasteiger partial charge < -0.3 is 20.1 Å². The van der Waals surface area contributed by atoms with Gasteiger partial charge in [0.25, 0.3) is 0 Å². The first-order valence-corrected chi connectivity index (χ1v) is 11.9. The summed E-state index contributed by atoms with van der Waals surface area (Å²) in [6, 6.07) is 10.4. The highest BCUT2D eigenvalue weighted by molar-refractivity contribution is 14.0. The van der Waals surface area contributed by atoms with Gasteiger partial charge in [-0.1, -0.05) is 6.07 Å². The topological polar surface area (TPSA) is 58.1 Å². The van der Waals surface area contributed by atoms with E-state index in [2.05, 4.69) is 40.0 Å². The molecule has 2 aliphatic heterocycles. The van der Waals surface area contributed by atoms with Crippen molar-refractivity contribution in [3.05, 3.63) is 40.6 Å². The Kier molecular flexibility index (Phi) is 9.73. The molecule has 1 aromatic carbocycles. The lowest BCUT2D eigenvalue weighted by Gasteiger charge is -2.31. The predicted molar refractivity (Wildman–Crippen MR) is 139 cm³/mol. The minimum absolute atomic E-state index is 0. The SMILES string of the molecule is CCNC(=NCC1CCN(Cc2cccs2)CC1)Nc1ccc2c(c1)OCCCO2.I. The minimum Gasteiger partial charge on any atom is -0.490 e. The highest BCUT2D eigenvalue weighted by atomic mass is 127. The molecule has 4 rings (SSSR count). The van der Waals surface area contributed by atoms with Crippen molar-refractivity contribution >= 4 is 47.0 Å². The molecular weight excluding hydrogens is 523 g/mol.